The molecule has 0 radical (unpaired) electrons. The first kappa shape index (κ1) is 40.3. The van der Waals surface area contributed by atoms with Crippen LogP contribution in [0.15, 0.2) is 54.7 Å². The van der Waals surface area contributed by atoms with Crippen LogP contribution >= 0.6 is 0 Å². The molecule has 2 amide bonds. The summed E-state index contributed by atoms with van der Waals surface area (Å²) < 4.78 is 28.4. The van der Waals surface area contributed by atoms with E-state index in [0.29, 0.717) is 25.2 Å². The SMILES string of the molecule is C#CCCC([NH2+]C(=O)C(Cc1ccccc1)CS(=O)(=O)N(C)CCc1ccccn1)C(=O)NC(CC1CCCCC1)C(O)C(O)CC(C)C. The molecule has 11 heteroatoms. The molecule has 0 aliphatic heterocycles. The Labute approximate surface area is 293 Å². The Morgan fingerprint density at radius 1 is 1.08 bits per heavy atom. The molecule has 1 fully saturated rings. The van der Waals surface area contributed by atoms with E-state index < -0.39 is 57.8 Å². The number of rotatable bonds is 20. The van der Waals surface area contributed by atoms with E-state index in [4.69, 9.17) is 6.42 Å². The summed E-state index contributed by atoms with van der Waals surface area (Å²) in [6.45, 7) is 4.13. The number of nitrogens with zero attached hydrogens (tertiary/aromatic N) is 2. The number of pyridine rings is 1. The molecule has 5 unspecified atom stereocenters. The summed E-state index contributed by atoms with van der Waals surface area (Å²) in [4.78, 5) is 32.2. The molecule has 0 bridgehead atoms. The van der Waals surface area contributed by atoms with Crippen molar-refractivity contribution in [2.75, 3.05) is 19.3 Å². The smallest absolute Gasteiger partial charge is 0.315 e. The van der Waals surface area contributed by atoms with Gasteiger partial charge >= 0.3 is 5.91 Å². The average Bonchev–Trinajstić information content (AvgIpc) is 3.08. The fourth-order valence-electron chi connectivity index (χ4n) is 6.59. The summed E-state index contributed by atoms with van der Waals surface area (Å²) in [5.41, 5.74) is 1.57. The number of sulfonamides is 1. The molecule has 3 rings (SSSR count). The van der Waals surface area contributed by atoms with Gasteiger partial charge < -0.3 is 15.5 Å². The monoisotopic (exact) mass is 697 g/mol. The highest BCUT2D eigenvalue weighted by atomic mass is 32.2. The van der Waals surface area contributed by atoms with Gasteiger partial charge in [0.15, 0.2) is 6.04 Å². The van der Waals surface area contributed by atoms with Crippen molar-refractivity contribution in [1.29, 1.82) is 0 Å². The van der Waals surface area contributed by atoms with Gasteiger partial charge in [-0.2, -0.15) is 0 Å². The van der Waals surface area contributed by atoms with Gasteiger partial charge in [0.2, 0.25) is 10.0 Å². The molecular formula is C38H57N4O6S+. The summed E-state index contributed by atoms with van der Waals surface area (Å²) in [5, 5.41) is 26.4. The number of likely N-dealkylation sites (N-methyl/N-ethyl adjacent to an activating group) is 1. The second-order valence-electron chi connectivity index (χ2n) is 14.0. The number of benzene rings is 1. The van der Waals surface area contributed by atoms with Crippen molar-refractivity contribution in [3.8, 4) is 12.3 Å². The number of quaternary nitrogens is 1. The molecule has 2 aromatic rings. The minimum absolute atomic E-state index is 0.150. The molecule has 10 nitrogen and oxygen atoms in total. The lowest BCUT2D eigenvalue weighted by Gasteiger charge is -2.33. The second kappa shape index (κ2) is 20.5. The summed E-state index contributed by atoms with van der Waals surface area (Å²) in [6, 6.07) is 13.1. The molecule has 1 aromatic heterocycles. The Balaban J connectivity index is 1.80. The Hall–Kier alpha value is -3.14. The maximum Gasteiger partial charge on any atom is 0.315 e. The number of hydrogen-bond acceptors (Lipinski definition) is 7. The highest BCUT2D eigenvalue weighted by Gasteiger charge is 2.37. The van der Waals surface area contributed by atoms with Crippen LogP contribution in [0.1, 0.15) is 82.9 Å². The molecule has 1 aliphatic rings. The van der Waals surface area contributed by atoms with Crippen LogP contribution in [0.5, 0.6) is 0 Å². The molecule has 1 saturated carbocycles. The highest BCUT2D eigenvalue weighted by molar-refractivity contribution is 7.89. The number of carbonyl (C=O) groups is 2. The average molecular weight is 698 g/mol. The maximum atomic E-state index is 14.0. The lowest BCUT2D eigenvalue weighted by atomic mass is 9.82. The highest BCUT2D eigenvalue weighted by Crippen LogP contribution is 2.29. The number of aliphatic hydroxyl groups is 2. The van der Waals surface area contributed by atoms with Crippen molar-refractivity contribution in [3.63, 3.8) is 0 Å². The normalized spacial score (nSPS) is 17.2. The standard InChI is InChI=1S/C38H56N4O6S/c1-5-6-20-33(38(46)41-34(26-30-17-11-8-12-18-30)36(44)35(43)24-28(2)3)40-37(45)31(25-29-15-9-7-10-16-29)27-49(47,48)42(4)23-21-32-19-13-14-22-39-32/h1,7,9-10,13-16,19,22,28,30-31,33-36,43-44H,6,8,11-12,17-18,20-21,23-27H2,2-4H3,(H,40,45)(H,41,46)/p+1. The van der Waals surface area contributed by atoms with Gasteiger partial charge in [0.25, 0.3) is 5.91 Å². The number of aromatic nitrogens is 1. The maximum absolute atomic E-state index is 14.0. The van der Waals surface area contributed by atoms with Crippen LogP contribution in [0, 0.1) is 30.1 Å². The number of primary amides is 1. The van der Waals surface area contributed by atoms with E-state index in [1.54, 1.807) is 12.3 Å². The van der Waals surface area contributed by atoms with E-state index in [2.05, 4.69) is 16.2 Å². The van der Waals surface area contributed by atoms with Crippen molar-refractivity contribution in [1.82, 2.24) is 14.6 Å². The van der Waals surface area contributed by atoms with Gasteiger partial charge in [-0.25, -0.2) is 17.5 Å². The fourth-order valence-corrected chi connectivity index (χ4v) is 8.00. The summed E-state index contributed by atoms with van der Waals surface area (Å²) >= 11 is 0. The molecular weight excluding hydrogens is 641 g/mol. The lowest BCUT2D eigenvalue weighted by Crippen LogP contribution is -2.97. The summed E-state index contributed by atoms with van der Waals surface area (Å²) in [7, 11) is -2.36. The van der Waals surface area contributed by atoms with Crippen LogP contribution in [0.4, 0.5) is 0 Å². The van der Waals surface area contributed by atoms with Gasteiger partial charge in [0.1, 0.15) is 6.10 Å². The Kier molecular flexibility index (Phi) is 16.9. The van der Waals surface area contributed by atoms with Crippen LogP contribution in [-0.2, 0) is 32.5 Å². The number of nitrogens with one attached hydrogen (secondary N) is 1. The number of aliphatic hydroxyl groups excluding tert-OH is 2. The number of carbonyl (C=O) groups excluding carboxylic acids is 2. The van der Waals surface area contributed by atoms with Crippen LogP contribution in [0.3, 0.4) is 0 Å². The Morgan fingerprint density at radius 2 is 1.78 bits per heavy atom. The molecule has 1 aliphatic carbocycles. The van der Waals surface area contributed by atoms with Crippen molar-refractivity contribution in [2.45, 2.75) is 109 Å². The van der Waals surface area contributed by atoms with Crippen LogP contribution in [0.2, 0.25) is 0 Å². The van der Waals surface area contributed by atoms with E-state index in [0.717, 1.165) is 43.4 Å². The van der Waals surface area contributed by atoms with Gasteiger partial charge in [-0.1, -0.05) is 82.3 Å². The largest absolute Gasteiger partial charge is 0.390 e. The van der Waals surface area contributed by atoms with Crippen LogP contribution < -0.4 is 10.6 Å². The van der Waals surface area contributed by atoms with Crippen molar-refractivity contribution >= 4 is 21.8 Å². The van der Waals surface area contributed by atoms with E-state index >= 15 is 0 Å². The Morgan fingerprint density at radius 3 is 2.41 bits per heavy atom. The molecule has 5 N–H and O–H groups in total. The first-order valence-corrected chi connectivity index (χ1v) is 19.4. The molecule has 49 heavy (non-hydrogen) atoms. The minimum Gasteiger partial charge on any atom is -0.390 e. The van der Waals surface area contributed by atoms with E-state index in [-0.39, 0.29) is 31.7 Å². The third-order valence-electron chi connectivity index (χ3n) is 9.48. The summed E-state index contributed by atoms with van der Waals surface area (Å²) in [5.74, 6) is 0.724. The first-order chi connectivity index (χ1) is 23.4. The van der Waals surface area contributed by atoms with Gasteiger partial charge in [-0.15, -0.1) is 12.3 Å². The van der Waals surface area contributed by atoms with Gasteiger partial charge in [-0.3, -0.25) is 15.1 Å². The number of hydrogen-bond donors (Lipinski definition) is 4. The van der Waals surface area contributed by atoms with Crippen molar-refractivity contribution in [3.05, 3.63) is 66.0 Å². The number of amides is 2. The van der Waals surface area contributed by atoms with E-state index in [1.165, 1.54) is 16.7 Å². The zero-order chi connectivity index (χ0) is 35.8. The Bertz CT molecular complexity index is 1430. The molecule has 0 spiro atoms. The fraction of sp³-hybridized carbons (Fsp3) is 0.605. The van der Waals surface area contributed by atoms with Crippen LogP contribution in [0.25, 0.3) is 0 Å². The number of nitrogens with two attached hydrogens (primary N) is 1. The second-order valence-corrected chi connectivity index (χ2v) is 16.1. The molecule has 0 saturated heterocycles. The van der Waals surface area contributed by atoms with Gasteiger partial charge in [-0.05, 0) is 48.8 Å². The predicted molar refractivity (Wildman–Crippen MR) is 191 cm³/mol. The van der Waals surface area contributed by atoms with E-state index in [1.807, 2.05) is 56.3 Å². The van der Waals surface area contributed by atoms with Crippen molar-refractivity contribution in [2.24, 2.45) is 17.8 Å². The van der Waals surface area contributed by atoms with E-state index in [9.17, 15) is 28.2 Å². The molecule has 1 aromatic carbocycles. The first-order valence-electron chi connectivity index (χ1n) is 17.8. The van der Waals surface area contributed by atoms with Crippen molar-refractivity contribution < 1.29 is 33.5 Å². The predicted octanol–water partition coefficient (Wildman–Crippen LogP) is 2.84. The third-order valence-corrected chi connectivity index (χ3v) is 11.4. The topological polar surface area (TPSA) is 154 Å². The quantitative estimate of drug-likeness (QED) is 0.155. The third kappa shape index (κ3) is 13.9. The molecule has 5 atom stereocenters. The molecule has 1 heterocycles. The summed E-state index contributed by atoms with van der Waals surface area (Å²) in [6.07, 6.45) is 12.3. The zero-order valence-corrected chi connectivity index (χ0v) is 30.2. The van der Waals surface area contributed by atoms with Gasteiger partial charge in [0, 0.05) is 44.7 Å². The molecule has 270 valence electrons. The van der Waals surface area contributed by atoms with Gasteiger partial charge in [0.05, 0.1) is 23.8 Å². The van der Waals surface area contributed by atoms with Crippen LogP contribution in [-0.4, -0.2) is 83.4 Å². The minimum atomic E-state index is -3.86. The lowest BCUT2D eigenvalue weighted by molar-refractivity contribution is -0.596. The zero-order valence-electron chi connectivity index (χ0n) is 29.4. The number of terminal acetylenes is 1.